The highest BCUT2D eigenvalue weighted by Crippen LogP contribution is 2.31. The third kappa shape index (κ3) is 8.82. The van der Waals surface area contributed by atoms with Gasteiger partial charge in [-0.05, 0) is 79.3 Å². The third-order valence-corrected chi connectivity index (χ3v) is 8.25. The van der Waals surface area contributed by atoms with Crippen LogP contribution in [0.1, 0.15) is 73.6 Å². The van der Waals surface area contributed by atoms with E-state index in [1.807, 2.05) is 17.5 Å². The number of rotatable bonds is 16. The number of carboxylic acid groups (broad SMARTS) is 1. The van der Waals surface area contributed by atoms with Crippen molar-refractivity contribution < 1.29 is 19.7 Å². The van der Waals surface area contributed by atoms with Gasteiger partial charge in [0.15, 0.2) is 0 Å². The van der Waals surface area contributed by atoms with E-state index in [-0.39, 0.29) is 19.1 Å². The van der Waals surface area contributed by atoms with Crippen LogP contribution in [-0.4, -0.2) is 59.6 Å². The molecule has 1 unspecified atom stereocenters. The summed E-state index contributed by atoms with van der Waals surface area (Å²) in [6, 6.07) is 8.92. The predicted octanol–water partition coefficient (Wildman–Crippen LogP) is 5.45. The van der Waals surface area contributed by atoms with E-state index in [0.29, 0.717) is 19.0 Å². The third-order valence-electron chi connectivity index (χ3n) is 6.89. The molecule has 0 bridgehead atoms. The SMILES string of the molecule is CCCC(OC[C@H](O)CNCN1CCC[C@H]1Cc1ccc(Cl)c(CC)c1)c1ccsc1CCC(=O)O. The molecule has 1 fully saturated rings. The molecule has 0 amide bonds. The van der Waals surface area contributed by atoms with Crippen molar-refractivity contribution in [3.63, 3.8) is 0 Å². The van der Waals surface area contributed by atoms with Crippen LogP contribution in [0.2, 0.25) is 5.02 Å². The zero-order chi connectivity index (χ0) is 25.9. The van der Waals surface area contributed by atoms with E-state index in [1.165, 1.54) is 24.0 Å². The van der Waals surface area contributed by atoms with Crippen LogP contribution >= 0.6 is 22.9 Å². The molecule has 8 heteroatoms. The fourth-order valence-corrected chi connectivity index (χ4v) is 6.13. The Morgan fingerprint density at radius 1 is 1.33 bits per heavy atom. The van der Waals surface area contributed by atoms with Gasteiger partial charge in [-0.3, -0.25) is 9.69 Å². The van der Waals surface area contributed by atoms with Gasteiger partial charge in [0, 0.05) is 29.2 Å². The Labute approximate surface area is 224 Å². The van der Waals surface area contributed by atoms with Crippen molar-refractivity contribution in [2.45, 2.75) is 83.5 Å². The summed E-state index contributed by atoms with van der Waals surface area (Å²) in [5.74, 6) is -0.789. The molecule has 36 heavy (non-hydrogen) atoms. The monoisotopic (exact) mass is 536 g/mol. The zero-order valence-corrected chi connectivity index (χ0v) is 23.1. The quantitative estimate of drug-likeness (QED) is 0.264. The number of thiophene rings is 1. The lowest BCUT2D eigenvalue weighted by Gasteiger charge is -2.26. The first-order chi connectivity index (χ1) is 17.4. The van der Waals surface area contributed by atoms with Crippen LogP contribution in [0.3, 0.4) is 0 Å². The van der Waals surface area contributed by atoms with E-state index in [1.54, 1.807) is 11.3 Å². The van der Waals surface area contributed by atoms with Crippen LogP contribution in [0.4, 0.5) is 0 Å². The normalized spacial score (nSPS) is 17.9. The number of hydrogen-bond acceptors (Lipinski definition) is 6. The maximum Gasteiger partial charge on any atom is 0.303 e. The summed E-state index contributed by atoms with van der Waals surface area (Å²) in [6.45, 7) is 6.77. The molecule has 1 aromatic carbocycles. The molecule has 3 N–H and O–H groups in total. The van der Waals surface area contributed by atoms with Crippen LogP contribution in [0, 0.1) is 0 Å². The van der Waals surface area contributed by atoms with Gasteiger partial charge in [0.2, 0.25) is 0 Å². The van der Waals surface area contributed by atoms with Crippen molar-refractivity contribution in [3.05, 3.63) is 56.2 Å². The standard InChI is InChI=1S/C28H41ClN2O4S/c1-3-6-26(24-12-14-36-27(24)10-11-28(33)34)35-18-23(32)17-30-19-31-13-5-7-22(31)16-20-8-9-25(29)21(4-2)15-20/h8-9,12,14-15,22-23,26,30,32H,3-7,10-11,13,16-19H2,1-2H3,(H,33,34)/t22-,23+,26?/m0/s1. The average molecular weight is 537 g/mol. The molecule has 200 valence electrons. The molecule has 0 saturated carbocycles. The van der Waals surface area contributed by atoms with Crippen molar-refractivity contribution in [3.8, 4) is 0 Å². The molecule has 1 aromatic heterocycles. The lowest BCUT2D eigenvalue weighted by Crippen LogP contribution is -2.42. The number of carboxylic acids is 1. The largest absolute Gasteiger partial charge is 0.481 e. The van der Waals surface area contributed by atoms with Crippen LogP contribution in [0.25, 0.3) is 0 Å². The van der Waals surface area contributed by atoms with Crippen molar-refractivity contribution in [2.75, 3.05) is 26.4 Å². The molecule has 0 radical (unpaired) electrons. The lowest BCUT2D eigenvalue weighted by atomic mass is 10.0. The number of ether oxygens (including phenoxy) is 1. The van der Waals surface area contributed by atoms with E-state index in [2.05, 4.69) is 36.2 Å². The van der Waals surface area contributed by atoms with Gasteiger partial charge in [-0.15, -0.1) is 11.3 Å². The van der Waals surface area contributed by atoms with E-state index in [0.717, 1.165) is 54.4 Å². The lowest BCUT2D eigenvalue weighted by molar-refractivity contribution is -0.136. The van der Waals surface area contributed by atoms with Gasteiger partial charge in [0.05, 0.1) is 25.2 Å². The van der Waals surface area contributed by atoms with Gasteiger partial charge in [-0.1, -0.05) is 44.0 Å². The van der Waals surface area contributed by atoms with Crippen molar-refractivity contribution in [1.29, 1.82) is 0 Å². The van der Waals surface area contributed by atoms with Gasteiger partial charge >= 0.3 is 5.97 Å². The summed E-state index contributed by atoms with van der Waals surface area (Å²) >= 11 is 7.87. The first-order valence-corrected chi connectivity index (χ1v) is 14.5. The summed E-state index contributed by atoms with van der Waals surface area (Å²) in [5, 5.41) is 25.9. The number of nitrogens with one attached hydrogen (secondary N) is 1. The fourth-order valence-electron chi connectivity index (χ4n) is 4.95. The topological polar surface area (TPSA) is 82.0 Å². The first kappa shape index (κ1) is 29.1. The molecule has 0 aliphatic carbocycles. The number of benzene rings is 1. The van der Waals surface area contributed by atoms with E-state index in [4.69, 9.17) is 21.4 Å². The predicted molar refractivity (Wildman–Crippen MR) is 147 cm³/mol. The summed E-state index contributed by atoms with van der Waals surface area (Å²) in [4.78, 5) is 14.5. The van der Waals surface area contributed by atoms with Crippen LogP contribution in [-0.2, 0) is 28.8 Å². The van der Waals surface area contributed by atoms with Gasteiger partial charge < -0.3 is 20.3 Å². The van der Waals surface area contributed by atoms with Gasteiger partial charge in [0.1, 0.15) is 0 Å². The number of aliphatic hydroxyl groups excluding tert-OH is 1. The Balaban J connectivity index is 1.44. The van der Waals surface area contributed by atoms with Crippen LogP contribution in [0.5, 0.6) is 0 Å². The van der Waals surface area contributed by atoms with Crippen molar-refractivity contribution >= 4 is 28.9 Å². The second-order valence-corrected chi connectivity index (χ2v) is 11.1. The van der Waals surface area contributed by atoms with Crippen LogP contribution < -0.4 is 5.32 Å². The van der Waals surface area contributed by atoms with Crippen molar-refractivity contribution in [1.82, 2.24) is 10.2 Å². The highest BCUT2D eigenvalue weighted by atomic mass is 35.5. The van der Waals surface area contributed by atoms with Gasteiger partial charge in [-0.25, -0.2) is 0 Å². The highest BCUT2D eigenvalue weighted by Gasteiger charge is 2.25. The number of nitrogens with zero attached hydrogens (tertiary/aromatic N) is 1. The van der Waals surface area contributed by atoms with E-state index < -0.39 is 12.1 Å². The minimum absolute atomic E-state index is 0.116. The molecular weight excluding hydrogens is 496 g/mol. The number of aryl methyl sites for hydroxylation is 2. The summed E-state index contributed by atoms with van der Waals surface area (Å²) < 4.78 is 6.14. The number of aliphatic carboxylic acids is 1. The maximum atomic E-state index is 11.0. The van der Waals surface area contributed by atoms with Gasteiger partial charge in [-0.2, -0.15) is 0 Å². The second kappa shape index (κ2) is 15.1. The van der Waals surface area contributed by atoms with Crippen molar-refractivity contribution in [2.24, 2.45) is 0 Å². The Morgan fingerprint density at radius 2 is 2.17 bits per heavy atom. The molecule has 3 atom stereocenters. The number of hydrogen-bond donors (Lipinski definition) is 3. The maximum absolute atomic E-state index is 11.0. The minimum atomic E-state index is -0.789. The molecule has 1 saturated heterocycles. The molecule has 2 aromatic rings. The summed E-state index contributed by atoms with van der Waals surface area (Å²) in [7, 11) is 0. The molecule has 2 heterocycles. The molecule has 1 aliphatic rings. The summed E-state index contributed by atoms with van der Waals surface area (Å²) in [6.07, 6.45) is 6.05. The molecule has 3 rings (SSSR count). The van der Waals surface area contributed by atoms with Crippen LogP contribution in [0.15, 0.2) is 29.6 Å². The Bertz CT molecular complexity index is 953. The Morgan fingerprint density at radius 3 is 2.92 bits per heavy atom. The highest BCUT2D eigenvalue weighted by molar-refractivity contribution is 7.10. The average Bonchev–Trinajstić information content (AvgIpc) is 3.51. The molecule has 1 aliphatic heterocycles. The van der Waals surface area contributed by atoms with E-state index in [9.17, 15) is 9.90 Å². The first-order valence-electron chi connectivity index (χ1n) is 13.2. The minimum Gasteiger partial charge on any atom is -0.481 e. The second-order valence-electron chi connectivity index (χ2n) is 9.66. The Kier molecular flexibility index (Phi) is 12.2. The number of likely N-dealkylation sites (tertiary alicyclic amines) is 1. The number of aliphatic hydroxyl groups is 1. The summed E-state index contributed by atoms with van der Waals surface area (Å²) in [5.41, 5.74) is 3.61. The van der Waals surface area contributed by atoms with E-state index >= 15 is 0 Å². The molecule has 0 spiro atoms. The molecular formula is C28H41ClN2O4S. The van der Waals surface area contributed by atoms with Gasteiger partial charge in [0.25, 0.3) is 0 Å². The zero-order valence-electron chi connectivity index (χ0n) is 21.5. The number of carbonyl (C=O) groups is 1. The fraction of sp³-hybridized carbons (Fsp3) is 0.607. The Hall–Kier alpha value is -1.48. The molecule has 6 nitrogen and oxygen atoms in total. The number of halogens is 1. The smallest absolute Gasteiger partial charge is 0.303 e.